The minimum Gasteiger partial charge on any atom is -0.478 e. The van der Waals surface area contributed by atoms with Crippen molar-refractivity contribution in [1.29, 1.82) is 0 Å². The summed E-state index contributed by atoms with van der Waals surface area (Å²) in [6.45, 7) is 1.69. The molecule has 0 unspecified atom stereocenters. The maximum atomic E-state index is 13.0. The van der Waals surface area contributed by atoms with E-state index in [9.17, 15) is 27.9 Å². The third kappa shape index (κ3) is 6.35. The highest BCUT2D eigenvalue weighted by Gasteiger charge is 2.39. The Labute approximate surface area is 224 Å². The third-order valence-corrected chi connectivity index (χ3v) is 6.71. The number of carboxylic acid groups (broad SMARTS) is 1. The largest absolute Gasteiger partial charge is 0.478 e. The Morgan fingerprint density at radius 2 is 1.21 bits per heavy atom. The number of likely N-dealkylation sites (N-methyl/N-ethyl adjacent to an activating group) is 1. The zero-order valence-electron chi connectivity index (χ0n) is 21.4. The Balaban J connectivity index is 1.45. The van der Waals surface area contributed by atoms with Crippen molar-refractivity contribution in [3.8, 4) is 22.3 Å². The van der Waals surface area contributed by atoms with Gasteiger partial charge in [-0.3, -0.25) is 9.69 Å². The highest BCUT2D eigenvalue weighted by Crippen LogP contribution is 2.31. The predicted octanol–water partition coefficient (Wildman–Crippen LogP) is 6.70. The zero-order valence-corrected chi connectivity index (χ0v) is 21.4. The lowest BCUT2D eigenvalue weighted by molar-refractivity contribution is -0.151. The molecular weight excluding hydrogens is 505 g/mol. The van der Waals surface area contributed by atoms with Crippen LogP contribution in [0.25, 0.3) is 22.3 Å². The fraction of sp³-hybridized carbons (Fsp3) is 0.161. The van der Waals surface area contributed by atoms with E-state index < -0.39 is 29.3 Å². The maximum Gasteiger partial charge on any atom is 0.416 e. The van der Waals surface area contributed by atoms with Crippen LogP contribution in [0.3, 0.4) is 0 Å². The number of hydrogen-bond acceptors (Lipinski definition) is 3. The maximum absolute atomic E-state index is 13.0. The SMILES string of the molecule is CN(Cc1ccc(-c2ccccc2)cc1)[C@](C)(NC(=O)c1ccc(-c2ccc(C(F)(F)F)cc2)cc1)C(=O)O. The van der Waals surface area contributed by atoms with Crippen molar-refractivity contribution in [2.75, 3.05) is 7.05 Å². The van der Waals surface area contributed by atoms with Gasteiger partial charge in [-0.25, -0.2) is 4.79 Å². The van der Waals surface area contributed by atoms with Crippen LogP contribution in [0, 0.1) is 0 Å². The number of nitrogens with zero attached hydrogens (tertiary/aromatic N) is 1. The highest BCUT2D eigenvalue weighted by molar-refractivity contribution is 5.98. The van der Waals surface area contributed by atoms with E-state index >= 15 is 0 Å². The molecule has 1 amide bonds. The first kappa shape index (κ1) is 27.6. The Kier molecular flexibility index (Phi) is 7.88. The van der Waals surface area contributed by atoms with Crippen LogP contribution < -0.4 is 5.32 Å². The second-order valence-corrected chi connectivity index (χ2v) is 9.40. The minimum absolute atomic E-state index is 0.221. The number of halogens is 3. The molecule has 2 N–H and O–H groups in total. The van der Waals surface area contributed by atoms with Gasteiger partial charge in [-0.1, -0.05) is 78.9 Å². The van der Waals surface area contributed by atoms with Crippen molar-refractivity contribution >= 4 is 11.9 Å². The van der Waals surface area contributed by atoms with Gasteiger partial charge in [-0.15, -0.1) is 0 Å². The zero-order chi connectivity index (χ0) is 28.2. The lowest BCUT2D eigenvalue weighted by Gasteiger charge is -2.35. The second-order valence-electron chi connectivity index (χ2n) is 9.40. The predicted molar refractivity (Wildman–Crippen MR) is 144 cm³/mol. The molecule has 0 aliphatic rings. The standard InChI is InChI=1S/C31H27F3N2O3/c1-30(29(38)39,36(2)20-21-8-10-23(11-9-21)22-6-4-3-5-7-22)35-28(37)26-14-12-24(13-15-26)25-16-18-27(19-17-25)31(32,33)34/h3-19H,20H2,1-2H3,(H,35,37)(H,38,39)/t30-/m0/s1. The molecule has 0 aliphatic carbocycles. The van der Waals surface area contributed by atoms with Crippen LogP contribution >= 0.6 is 0 Å². The van der Waals surface area contributed by atoms with Gasteiger partial charge < -0.3 is 10.4 Å². The molecule has 0 aliphatic heterocycles. The molecule has 0 bridgehead atoms. The second kappa shape index (κ2) is 11.1. The Morgan fingerprint density at radius 3 is 1.69 bits per heavy atom. The van der Waals surface area contributed by atoms with Gasteiger partial charge in [0, 0.05) is 12.1 Å². The first-order valence-electron chi connectivity index (χ1n) is 12.2. The van der Waals surface area contributed by atoms with Crippen LogP contribution in [0.4, 0.5) is 13.2 Å². The molecule has 0 aromatic heterocycles. The lowest BCUT2D eigenvalue weighted by Crippen LogP contribution is -2.62. The number of carbonyl (C=O) groups excluding carboxylic acids is 1. The molecule has 0 radical (unpaired) electrons. The fourth-order valence-corrected chi connectivity index (χ4v) is 4.14. The van der Waals surface area contributed by atoms with Gasteiger partial charge in [0.2, 0.25) is 0 Å². The van der Waals surface area contributed by atoms with Crippen molar-refractivity contribution in [3.05, 3.63) is 120 Å². The quantitative estimate of drug-likeness (QED) is 0.248. The van der Waals surface area contributed by atoms with Crippen molar-refractivity contribution in [3.63, 3.8) is 0 Å². The van der Waals surface area contributed by atoms with E-state index in [1.54, 1.807) is 24.1 Å². The molecule has 0 fully saturated rings. The molecule has 8 heteroatoms. The van der Waals surface area contributed by atoms with Crippen molar-refractivity contribution in [1.82, 2.24) is 10.2 Å². The summed E-state index contributed by atoms with van der Waals surface area (Å²) in [5.41, 5.74) is 1.94. The summed E-state index contributed by atoms with van der Waals surface area (Å²) in [5.74, 6) is -1.81. The third-order valence-electron chi connectivity index (χ3n) is 6.71. The topological polar surface area (TPSA) is 69.6 Å². The molecule has 0 heterocycles. The van der Waals surface area contributed by atoms with Crippen molar-refractivity contribution in [2.45, 2.75) is 25.3 Å². The molecule has 5 nitrogen and oxygen atoms in total. The van der Waals surface area contributed by atoms with Crippen LogP contribution in [0.15, 0.2) is 103 Å². The first-order valence-corrected chi connectivity index (χ1v) is 12.2. The molecule has 4 aromatic carbocycles. The van der Waals surface area contributed by atoms with Gasteiger partial charge in [0.25, 0.3) is 5.91 Å². The van der Waals surface area contributed by atoms with Gasteiger partial charge in [-0.2, -0.15) is 13.2 Å². The van der Waals surface area contributed by atoms with Gasteiger partial charge in [0.15, 0.2) is 5.66 Å². The van der Waals surface area contributed by atoms with E-state index in [1.807, 2.05) is 54.6 Å². The lowest BCUT2D eigenvalue weighted by atomic mass is 10.0. The Bertz CT molecular complexity index is 1440. The molecule has 39 heavy (non-hydrogen) atoms. The van der Waals surface area contributed by atoms with E-state index in [1.165, 1.54) is 31.2 Å². The van der Waals surface area contributed by atoms with Gasteiger partial charge in [-0.05, 0) is 66.1 Å². The summed E-state index contributed by atoms with van der Waals surface area (Å²) in [6, 6.07) is 28.6. The average molecular weight is 533 g/mol. The fourth-order valence-electron chi connectivity index (χ4n) is 4.14. The van der Waals surface area contributed by atoms with E-state index in [0.717, 1.165) is 28.8 Å². The number of benzene rings is 4. The molecule has 200 valence electrons. The van der Waals surface area contributed by atoms with Crippen LogP contribution in [-0.4, -0.2) is 34.6 Å². The number of carbonyl (C=O) groups is 2. The van der Waals surface area contributed by atoms with Crippen molar-refractivity contribution < 1.29 is 27.9 Å². The van der Waals surface area contributed by atoms with Crippen LogP contribution in [0.5, 0.6) is 0 Å². The Morgan fingerprint density at radius 1 is 0.744 bits per heavy atom. The number of carboxylic acids is 1. The van der Waals surface area contributed by atoms with Gasteiger partial charge >= 0.3 is 12.1 Å². The number of nitrogens with one attached hydrogen (secondary N) is 1. The average Bonchev–Trinajstić information content (AvgIpc) is 2.93. The molecule has 1 atom stereocenters. The van der Waals surface area contributed by atoms with Crippen molar-refractivity contribution in [2.24, 2.45) is 0 Å². The number of alkyl halides is 3. The summed E-state index contributed by atoms with van der Waals surface area (Å²) in [5, 5.41) is 12.6. The molecular formula is C31H27F3N2O3. The van der Waals surface area contributed by atoms with Gasteiger partial charge in [0.05, 0.1) is 5.56 Å². The first-order chi connectivity index (χ1) is 18.5. The monoisotopic (exact) mass is 532 g/mol. The van der Waals surface area contributed by atoms with E-state index in [4.69, 9.17) is 0 Å². The van der Waals surface area contributed by atoms with Crippen LogP contribution in [0.2, 0.25) is 0 Å². The van der Waals surface area contributed by atoms with Crippen LogP contribution in [0.1, 0.15) is 28.4 Å². The number of amides is 1. The smallest absolute Gasteiger partial charge is 0.416 e. The van der Waals surface area contributed by atoms with Gasteiger partial charge in [0.1, 0.15) is 0 Å². The normalized spacial score (nSPS) is 13.1. The Hall–Kier alpha value is -4.43. The number of hydrogen-bond donors (Lipinski definition) is 2. The summed E-state index contributed by atoms with van der Waals surface area (Å²) >= 11 is 0. The van der Waals surface area contributed by atoms with Crippen LogP contribution in [-0.2, 0) is 17.5 Å². The summed E-state index contributed by atoms with van der Waals surface area (Å²) in [4.78, 5) is 26.8. The molecule has 0 saturated heterocycles. The summed E-state index contributed by atoms with van der Waals surface area (Å²) in [6.07, 6.45) is -4.42. The molecule has 0 spiro atoms. The minimum atomic E-state index is -4.42. The summed E-state index contributed by atoms with van der Waals surface area (Å²) < 4.78 is 38.5. The van der Waals surface area contributed by atoms with E-state index in [2.05, 4.69) is 5.32 Å². The molecule has 4 rings (SSSR count). The molecule has 4 aromatic rings. The number of aliphatic carboxylic acids is 1. The molecule has 0 saturated carbocycles. The van der Waals surface area contributed by atoms with E-state index in [-0.39, 0.29) is 12.1 Å². The van der Waals surface area contributed by atoms with E-state index in [0.29, 0.717) is 11.1 Å². The number of rotatable bonds is 8. The highest BCUT2D eigenvalue weighted by atomic mass is 19.4. The summed E-state index contributed by atoms with van der Waals surface area (Å²) in [7, 11) is 1.62.